The third kappa shape index (κ3) is 8.51. The first-order valence-electron chi connectivity index (χ1n) is 3.83. The van der Waals surface area contributed by atoms with Gasteiger partial charge in [0.1, 0.15) is 0 Å². The zero-order chi connectivity index (χ0) is 11.9. The molecular weight excluding hydrogens is 262 g/mol. The first-order valence-corrected chi connectivity index (χ1v) is 4.96. The van der Waals surface area contributed by atoms with Crippen LogP contribution in [0.3, 0.4) is 0 Å². The van der Waals surface area contributed by atoms with E-state index in [1.54, 1.807) is 30.3 Å². The lowest BCUT2D eigenvalue weighted by Crippen LogP contribution is -2.06. The maximum atomic E-state index is 10.2. The van der Waals surface area contributed by atoms with Gasteiger partial charge in [0.2, 0.25) is 3.79 Å². The molecule has 1 aromatic rings. The zero-order valence-corrected chi connectivity index (χ0v) is 9.80. The smallest absolute Gasteiger partial charge is 0.335 e. The molecule has 0 aliphatic carbocycles. The highest BCUT2D eigenvalue weighted by Gasteiger charge is 2.16. The van der Waals surface area contributed by atoms with Crippen LogP contribution in [-0.2, 0) is 0 Å². The van der Waals surface area contributed by atoms with E-state index in [-0.39, 0.29) is 0 Å². The Hall–Kier alpha value is -0.480. The minimum atomic E-state index is -1.49. The van der Waals surface area contributed by atoms with Gasteiger partial charge in [-0.15, -0.1) is 0 Å². The fourth-order valence-electron chi connectivity index (χ4n) is 0.581. The lowest BCUT2D eigenvalue weighted by atomic mass is 10.2. The summed E-state index contributed by atoms with van der Waals surface area (Å²) in [7, 11) is 0. The van der Waals surface area contributed by atoms with E-state index in [9.17, 15) is 4.79 Å². The van der Waals surface area contributed by atoms with Crippen molar-refractivity contribution in [2.75, 3.05) is 6.61 Å². The molecule has 0 aromatic heterocycles. The fourth-order valence-corrected chi connectivity index (χ4v) is 0.581. The van der Waals surface area contributed by atoms with Crippen molar-refractivity contribution in [1.82, 2.24) is 0 Å². The van der Waals surface area contributed by atoms with Crippen molar-refractivity contribution in [3.05, 3.63) is 35.9 Å². The minimum absolute atomic E-state index is 0.331. The zero-order valence-electron chi connectivity index (χ0n) is 7.53. The molecule has 0 heterocycles. The van der Waals surface area contributed by atoms with Gasteiger partial charge in [-0.2, -0.15) is 0 Å². The molecule has 0 aliphatic heterocycles. The highest BCUT2D eigenvalue weighted by molar-refractivity contribution is 6.67. The van der Waals surface area contributed by atoms with E-state index >= 15 is 0 Å². The lowest BCUT2D eigenvalue weighted by Gasteiger charge is -2.01. The summed E-state index contributed by atoms with van der Waals surface area (Å²) in [5.41, 5.74) is 0.331. The Morgan fingerprint density at radius 1 is 1.20 bits per heavy atom. The van der Waals surface area contributed by atoms with Crippen molar-refractivity contribution in [2.45, 2.75) is 3.79 Å². The van der Waals surface area contributed by atoms with Crippen LogP contribution < -0.4 is 0 Å². The average molecular weight is 272 g/mol. The predicted molar refractivity (Wildman–Crippen MR) is 60.8 cm³/mol. The molecule has 0 fully saturated rings. The second-order valence-electron chi connectivity index (χ2n) is 2.44. The maximum Gasteiger partial charge on any atom is 0.335 e. The van der Waals surface area contributed by atoms with Crippen LogP contribution in [0.5, 0.6) is 0 Å². The molecular formula is C9H9Cl3O3. The topological polar surface area (TPSA) is 57.5 Å². The van der Waals surface area contributed by atoms with Crippen molar-refractivity contribution in [3.63, 3.8) is 0 Å². The number of hydrogen-bond donors (Lipinski definition) is 2. The van der Waals surface area contributed by atoms with Gasteiger partial charge in [0.05, 0.1) is 12.2 Å². The summed E-state index contributed by atoms with van der Waals surface area (Å²) >= 11 is 15.0. The Balaban J connectivity index is 0.000000288. The number of carboxylic acids is 1. The Bertz CT molecular complexity index is 295. The molecule has 1 rings (SSSR count). The largest absolute Gasteiger partial charge is 0.478 e. The lowest BCUT2D eigenvalue weighted by molar-refractivity contribution is 0.0697. The monoisotopic (exact) mass is 270 g/mol. The molecule has 0 atom stereocenters. The molecule has 6 heteroatoms. The number of carboxylic acid groups (broad SMARTS) is 1. The van der Waals surface area contributed by atoms with E-state index in [4.69, 9.17) is 45.0 Å². The van der Waals surface area contributed by atoms with E-state index in [0.717, 1.165) is 0 Å². The van der Waals surface area contributed by atoms with Gasteiger partial charge < -0.3 is 10.2 Å². The van der Waals surface area contributed by atoms with Gasteiger partial charge >= 0.3 is 5.97 Å². The molecule has 0 saturated carbocycles. The number of aliphatic hydroxyl groups excluding tert-OH is 1. The van der Waals surface area contributed by atoms with Crippen LogP contribution in [0.2, 0.25) is 0 Å². The van der Waals surface area contributed by atoms with Crippen LogP contribution in [0.25, 0.3) is 0 Å². The van der Waals surface area contributed by atoms with Gasteiger partial charge in [0.25, 0.3) is 0 Å². The van der Waals surface area contributed by atoms with Gasteiger partial charge in [0.15, 0.2) is 0 Å². The van der Waals surface area contributed by atoms with Crippen molar-refractivity contribution < 1.29 is 15.0 Å². The average Bonchev–Trinajstić information content (AvgIpc) is 2.19. The highest BCUT2D eigenvalue weighted by Crippen LogP contribution is 2.23. The molecule has 3 nitrogen and oxygen atoms in total. The quantitative estimate of drug-likeness (QED) is 0.772. The van der Waals surface area contributed by atoms with Gasteiger partial charge in [-0.25, -0.2) is 4.79 Å². The number of aliphatic hydroxyl groups is 1. The van der Waals surface area contributed by atoms with Crippen molar-refractivity contribution >= 4 is 40.8 Å². The minimum Gasteiger partial charge on any atom is -0.478 e. The second-order valence-corrected chi connectivity index (χ2v) is 4.96. The molecule has 0 aliphatic rings. The van der Waals surface area contributed by atoms with Gasteiger partial charge in [-0.05, 0) is 12.1 Å². The third-order valence-electron chi connectivity index (χ3n) is 1.20. The molecule has 1 aromatic carbocycles. The summed E-state index contributed by atoms with van der Waals surface area (Å²) in [6.07, 6.45) is 0. The molecule has 0 bridgehead atoms. The molecule has 0 amide bonds. The number of alkyl halides is 3. The number of rotatable bonds is 1. The van der Waals surface area contributed by atoms with Crippen LogP contribution in [0.15, 0.2) is 30.3 Å². The highest BCUT2D eigenvalue weighted by atomic mass is 35.6. The number of carbonyl (C=O) groups is 1. The summed E-state index contributed by atoms with van der Waals surface area (Å²) in [6.45, 7) is -0.433. The molecule has 2 N–H and O–H groups in total. The molecule has 0 radical (unpaired) electrons. The fraction of sp³-hybridized carbons (Fsp3) is 0.222. The number of aromatic carboxylic acids is 1. The number of halogens is 3. The van der Waals surface area contributed by atoms with Gasteiger partial charge in [0, 0.05) is 0 Å². The first-order chi connectivity index (χ1) is 6.87. The van der Waals surface area contributed by atoms with Crippen molar-refractivity contribution in [3.8, 4) is 0 Å². The third-order valence-corrected chi connectivity index (χ3v) is 1.56. The number of hydrogen-bond acceptors (Lipinski definition) is 2. The second kappa shape index (κ2) is 6.90. The van der Waals surface area contributed by atoms with Crippen molar-refractivity contribution in [2.24, 2.45) is 0 Å². The molecule has 84 valence electrons. The number of benzene rings is 1. The van der Waals surface area contributed by atoms with Crippen molar-refractivity contribution in [1.29, 1.82) is 0 Å². The van der Waals surface area contributed by atoms with Gasteiger partial charge in [-0.3, -0.25) is 0 Å². The van der Waals surface area contributed by atoms with Crippen LogP contribution in [0, 0.1) is 0 Å². The standard InChI is InChI=1S/C7H6O2.C2H3Cl3O/c8-7(9)6-4-2-1-3-5-6;3-2(4,5)1-6/h1-5H,(H,8,9);6H,1H2. The van der Waals surface area contributed by atoms with E-state index in [0.29, 0.717) is 5.56 Å². The maximum absolute atomic E-state index is 10.2. The van der Waals surface area contributed by atoms with Crippen LogP contribution in [0.1, 0.15) is 10.4 Å². The van der Waals surface area contributed by atoms with Crippen LogP contribution in [-0.4, -0.2) is 26.6 Å². The van der Waals surface area contributed by atoms with Gasteiger partial charge in [-0.1, -0.05) is 53.0 Å². The Kier molecular flexibility index (Phi) is 6.68. The summed E-state index contributed by atoms with van der Waals surface area (Å²) in [5.74, 6) is -0.879. The normalized spacial score (nSPS) is 10.1. The summed E-state index contributed by atoms with van der Waals surface area (Å²) in [4.78, 5) is 10.2. The van der Waals surface area contributed by atoms with E-state index in [2.05, 4.69) is 0 Å². The van der Waals surface area contributed by atoms with Crippen LogP contribution >= 0.6 is 34.8 Å². The SMILES string of the molecule is O=C(O)c1ccccc1.OCC(Cl)(Cl)Cl. The first kappa shape index (κ1) is 14.5. The molecule has 15 heavy (non-hydrogen) atoms. The Morgan fingerprint density at radius 2 is 1.60 bits per heavy atom. The van der Waals surface area contributed by atoms with E-state index in [1.165, 1.54) is 0 Å². The summed E-state index contributed by atoms with van der Waals surface area (Å²) in [6, 6.07) is 8.30. The summed E-state index contributed by atoms with van der Waals surface area (Å²) < 4.78 is -1.49. The molecule has 0 saturated heterocycles. The molecule has 0 unspecified atom stereocenters. The van der Waals surface area contributed by atoms with E-state index in [1.807, 2.05) is 0 Å². The summed E-state index contributed by atoms with van der Waals surface area (Å²) in [5, 5.41) is 16.4. The Labute approximate surface area is 102 Å². The van der Waals surface area contributed by atoms with Crippen LogP contribution in [0.4, 0.5) is 0 Å². The Morgan fingerprint density at radius 3 is 1.80 bits per heavy atom. The molecule has 0 spiro atoms. The predicted octanol–water partition coefficient (Wildman–Crippen LogP) is 2.73. The van der Waals surface area contributed by atoms with E-state index < -0.39 is 16.4 Å².